The van der Waals surface area contributed by atoms with Crippen molar-refractivity contribution in [1.29, 1.82) is 0 Å². The zero-order valence-corrected chi connectivity index (χ0v) is 15.4. The Bertz CT molecular complexity index is 519. The van der Waals surface area contributed by atoms with Crippen molar-refractivity contribution in [1.82, 2.24) is 0 Å². The van der Waals surface area contributed by atoms with E-state index in [-0.39, 0.29) is 25.2 Å². The van der Waals surface area contributed by atoms with E-state index >= 15 is 0 Å². The van der Waals surface area contributed by atoms with Gasteiger partial charge in [0.1, 0.15) is 0 Å². The first-order chi connectivity index (χ1) is 10.9. The minimum atomic E-state index is -3.64. The van der Waals surface area contributed by atoms with Gasteiger partial charge in [0.15, 0.2) is 5.66 Å². The molecule has 0 spiro atoms. The van der Waals surface area contributed by atoms with Crippen LogP contribution < -0.4 is 0 Å². The van der Waals surface area contributed by atoms with Gasteiger partial charge in [-0.1, -0.05) is 37.3 Å². The van der Waals surface area contributed by atoms with Gasteiger partial charge in [-0.05, 0) is 33.3 Å². The van der Waals surface area contributed by atoms with Crippen molar-refractivity contribution in [2.24, 2.45) is 0 Å². The quantitative estimate of drug-likeness (QED) is 0.492. The van der Waals surface area contributed by atoms with Gasteiger partial charge < -0.3 is 13.8 Å². The minimum Gasteiger partial charge on any atom is -0.462 e. The highest BCUT2D eigenvalue weighted by Gasteiger charge is 2.46. The standard InChI is InChI=1S/C17H27O5P/c1-6-20-23(19,21-7-2)16(17(18)22-13(3)4)14(5)15-11-9-8-10-12-15/h8-14,16H,6-7H2,1-5H3/t14-,16+/m1/s1. The van der Waals surface area contributed by atoms with E-state index in [2.05, 4.69) is 0 Å². The summed E-state index contributed by atoms with van der Waals surface area (Å²) in [5, 5.41) is 0. The molecule has 0 aromatic heterocycles. The van der Waals surface area contributed by atoms with Crippen LogP contribution in [0.3, 0.4) is 0 Å². The SMILES string of the molecule is CCOP(=O)(OCC)[C@H](C(=O)OC(C)C)[C@H](C)c1ccccc1. The van der Waals surface area contributed by atoms with E-state index < -0.39 is 19.2 Å². The lowest BCUT2D eigenvalue weighted by atomic mass is 9.97. The van der Waals surface area contributed by atoms with Gasteiger partial charge in [-0.2, -0.15) is 0 Å². The number of carbonyl (C=O) groups is 1. The molecule has 0 fully saturated rings. The van der Waals surface area contributed by atoms with Crippen LogP contribution in [0.15, 0.2) is 30.3 Å². The van der Waals surface area contributed by atoms with Crippen LogP contribution in [0.2, 0.25) is 0 Å². The van der Waals surface area contributed by atoms with E-state index in [0.717, 1.165) is 5.56 Å². The van der Waals surface area contributed by atoms with E-state index in [1.165, 1.54) is 0 Å². The largest absolute Gasteiger partial charge is 0.462 e. The second-order valence-corrected chi connectivity index (χ2v) is 7.66. The van der Waals surface area contributed by atoms with Gasteiger partial charge in [-0.3, -0.25) is 9.36 Å². The van der Waals surface area contributed by atoms with Crippen LogP contribution in [0.4, 0.5) is 0 Å². The third-order valence-corrected chi connectivity index (χ3v) is 5.93. The van der Waals surface area contributed by atoms with Crippen molar-refractivity contribution in [2.75, 3.05) is 13.2 Å². The average molecular weight is 342 g/mol. The number of hydrogen-bond acceptors (Lipinski definition) is 5. The summed E-state index contributed by atoms with van der Waals surface area (Å²) in [5.41, 5.74) is -0.106. The second kappa shape index (κ2) is 9.21. The summed E-state index contributed by atoms with van der Waals surface area (Å²) < 4.78 is 29.3. The molecule has 0 saturated heterocycles. The Labute approximate surface area is 138 Å². The van der Waals surface area contributed by atoms with Crippen LogP contribution in [0.5, 0.6) is 0 Å². The molecule has 23 heavy (non-hydrogen) atoms. The van der Waals surface area contributed by atoms with Crippen molar-refractivity contribution in [2.45, 2.75) is 52.3 Å². The highest BCUT2D eigenvalue weighted by Crippen LogP contribution is 2.57. The van der Waals surface area contributed by atoms with Crippen LogP contribution in [0.25, 0.3) is 0 Å². The lowest BCUT2D eigenvalue weighted by Gasteiger charge is -2.29. The number of hydrogen-bond donors (Lipinski definition) is 0. The molecule has 6 heteroatoms. The van der Waals surface area contributed by atoms with Crippen molar-refractivity contribution in [3.05, 3.63) is 35.9 Å². The molecular weight excluding hydrogens is 315 g/mol. The van der Waals surface area contributed by atoms with Crippen molar-refractivity contribution in [3.63, 3.8) is 0 Å². The molecule has 0 aliphatic carbocycles. The Morgan fingerprint density at radius 3 is 2.00 bits per heavy atom. The number of ether oxygens (including phenoxy) is 1. The maximum atomic E-state index is 13.2. The normalized spacial score (nSPS) is 14.5. The number of carbonyl (C=O) groups excluding carboxylic acids is 1. The highest BCUT2D eigenvalue weighted by atomic mass is 31.2. The monoisotopic (exact) mass is 342 g/mol. The van der Waals surface area contributed by atoms with Crippen LogP contribution in [-0.2, 0) is 23.1 Å². The van der Waals surface area contributed by atoms with E-state index in [1.54, 1.807) is 27.7 Å². The van der Waals surface area contributed by atoms with Crippen molar-refractivity contribution >= 4 is 13.6 Å². The molecule has 0 amide bonds. The predicted octanol–water partition coefficient (Wildman–Crippen LogP) is 4.38. The summed E-state index contributed by atoms with van der Waals surface area (Å²) in [6, 6.07) is 9.43. The summed E-state index contributed by atoms with van der Waals surface area (Å²) in [5.74, 6) is -0.909. The number of benzene rings is 1. The zero-order valence-electron chi connectivity index (χ0n) is 14.5. The Kier molecular flexibility index (Phi) is 7.97. The molecule has 0 bridgehead atoms. The molecule has 5 nitrogen and oxygen atoms in total. The number of esters is 1. The van der Waals surface area contributed by atoms with Crippen molar-refractivity contribution in [3.8, 4) is 0 Å². The van der Waals surface area contributed by atoms with Crippen molar-refractivity contribution < 1.29 is 23.1 Å². The molecule has 0 aliphatic heterocycles. The Balaban J connectivity index is 3.24. The predicted molar refractivity (Wildman–Crippen MR) is 90.7 cm³/mol. The summed E-state index contributed by atoms with van der Waals surface area (Å²) >= 11 is 0. The molecule has 0 saturated carbocycles. The summed E-state index contributed by atoms with van der Waals surface area (Å²) in [6.07, 6.45) is -0.301. The van der Waals surface area contributed by atoms with Gasteiger partial charge in [-0.15, -0.1) is 0 Å². The average Bonchev–Trinajstić information content (AvgIpc) is 2.47. The fourth-order valence-electron chi connectivity index (χ4n) is 2.41. The van der Waals surface area contributed by atoms with Crippen LogP contribution in [-0.4, -0.2) is 30.9 Å². The highest BCUT2D eigenvalue weighted by molar-refractivity contribution is 7.55. The maximum Gasteiger partial charge on any atom is 0.345 e. The molecule has 1 aromatic carbocycles. The molecule has 0 aliphatic rings. The summed E-state index contributed by atoms with van der Waals surface area (Å²) in [4.78, 5) is 12.6. The maximum absolute atomic E-state index is 13.2. The first kappa shape index (κ1) is 19.9. The van der Waals surface area contributed by atoms with Crippen LogP contribution in [0.1, 0.15) is 46.1 Å². The van der Waals surface area contributed by atoms with Gasteiger partial charge in [0.05, 0.1) is 19.3 Å². The van der Waals surface area contributed by atoms with Gasteiger partial charge in [-0.25, -0.2) is 0 Å². The fraction of sp³-hybridized carbons (Fsp3) is 0.588. The first-order valence-electron chi connectivity index (χ1n) is 7.99. The van der Waals surface area contributed by atoms with E-state index in [1.807, 2.05) is 37.3 Å². The lowest BCUT2D eigenvalue weighted by molar-refractivity contribution is -0.147. The third kappa shape index (κ3) is 5.45. The van der Waals surface area contributed by atoms with Gasteiger partial charge in [0.25, 0.3) is 0 Å². The molecule has 2 atom stereocenters. The Hall–Kier alpha value is -1.16. The lowest BCUT2D eigenvalue weighted by Crippen LogP contribution is -2.32. The molecule has 0 N–H and O–H groups in total. The van der Waals surface area contributed by atoms with Gasteiger partial charge >= 0.3 is 13.6 Å². The molecule has 1 rings (SSSR count). The third-order valence-electron chi connectivity index (χ3n) is 3.35. The van der Waals surface area contributed by atoms with Crippen LogP contribution >= 0.6 is 7.60 Å². The topological polar surface area (TPSA) is 61.8 Å². The minimum absolute atomic E-state index is 0.199. The Morgan fingerprint density at radius 2 is 1.57 bits per heavy atom. The molecule has 0 unspecified atom stereocenters. The molecular formula is C17H27O5P. The fourth-order valence-corrected chi connectivity index (χ4v) is 4.56. The van der Waals surface area contributed by atoms with Crippen LogP contribution in [0, 0.1) is 0 Å². The first-order valence-corrected chi connectivity index (χ1v) is 9.61. The summed E-state index contributed by atoms with van der Waals surface area (Å²) in [6.45, 7) is 9.21. The smallest absolute Gasteiger partial charge is 0.345 e. The Morgan fingerprint density at radius 1 is 1.04 bits per heavy atom. The number of rotatable bonds is 9. The van der Waals surface area contributed by atoms with E-state index in [4.69, 9.17) is 13.8 Å². The molecule has 0 radical (unpaired) electrons. The van der Waals surface area contributed by atoms with E-state index in [9.17, 15) is 9.36 Å². The van der Waals surface area contributed by atoms with Gasteiger partial charge in [0.2, 0.25) is 0 Å². The summed E-state index contributed by atoms with van der Waals surface area (Å²) in [7, 11) is -3.64. The van der Waals surface area contributed by atoms with Gasteiger partial charge in [0, 0.05) is 5.92 Å². The second-order valence-electron chi connectivity index (χ2n) is 5.51. The molecule has 0 heterocycles. The molecule has 130 valence electrons. The zero-order chi connectivity index (χ0) is 17.5. The molecule has 1 aromatic rings. The van der Waals surface area contributed by atoms with E-state index in [0.29, 0.717) is 0 Å².